The van der Waals surface area contributed by atoms with Crippen molar-refractivity contribution in [2.75, 3.05) is 0 Å². The molecule has 0 N–H and O–H groups in total. The predicted octanol–water partition coefficient (Wildman–Crippen LogP) is -2.04. The molecule has 0 amide bonds. The Morgan fingerprint density at radius 3 is 1.00 bits per heavy atom. The molecule has 0 nitrogen and oxygen atoms in total. The van der Waals surface area contributed by atoms with Crippen molar-refractivity contribution in [1.29, 1.82) is 0 Å². The van der Waals surface area contributed by atoms with E-state index in [9.17, 15) is 0 Å². The Hall–Kier alpha value is 2.37. The van der Waals surface area contributed by atoms with E-state index >= 15 is 0 Å². The summed E-state index contributed by atoms with van der Waals surface area (Å²) in [6.07, 6.45) is 0. The van der Waals surface area contributed by atoms with Crippen molar-refractivity contribution in [3.63, 3.8) is 0 Å². The molecule has 0 saturated heterocycles. The van der Waals surface area contributed by atoms with Gasteiger partial charge in [-0.3, -0.25) is 0 Å². The Bertz CT molecular complexity index is 9.61. The van der Waals surface area contributed by atoms with Crippen LogP contribution in [-0.2, 0) is 0 Å². The smallest absolute Gasteiger partial charge is 1.00 e. The molecule has 0 fully saturated rings. The first kappa shape index (κ1) is 32.7. The minimum Gasteiger partial charge on any atom is -1.00 e. The van der Waals surface area contributed by atoms with E-state index in [4.69, 9.17) is 0 Å². The molecule has 0 bridgehead atoms. The molecule has 4 heavy (non-hydrogen) atoms. The summed E-state index contributed by atoms with van der Waals surface area (Å²) < 4.78 is 0. The molecule has 21 valence electrons. The number of hydrogen-bond acceptors (Lipinski definition) is 0. The normalized spacial score (nSPS) is 0. The van der Waals surface area contributed by atoms with Gasteiger partial charge in [-0.05, 0) is 0 Å². The van der Waals surface area contributed by atoms with Crippen LogP contribution in [0.5, 0.6) is 0 Å². The fourth-order valence-corrected chi connectivity index (χ4v) is 0. The summed E-state index contributed by atoms with van der Waals surface area (Å²) in [4.78, 5) is 0. The molecule has 0 aliphatic carbocycles. The Morgan fingerprint density at radius 2 is 1.00 bits per heavy atom. The van der Waals surface area contributed by atoms with E-state index < -0.39 is 0 Å². The summed E-state index contributed by atoms with van der Waals surface area (Å²) in [5.74, 6) is 0. The Kier molecular flexibility index (Phi) is 149. The van der Waals surface area contributed by atoms with E-state index in [2.05, 4.69) is 0 Å². The second kappa shape index (κ2) is 18.2. The standard InChI is InChI=1S/2ClH.La.Li.H/h2*1H;;;/q;;;+1;-1. The zero-order chi connectivity index (χ0) is 0. The van der Waals surface area contributed by atoms with Gasteiger partial charge in [0.2, 0.25) is 0 Å². The molecule has 0 rings (SSSR count). The van der Waals surface area contributed by atoms with Crippen molar-refractivity contribution in [3.05, 3.63) is 0 Å². The minimum absolute atomic E-state index is 0. The molecular formula is H3Cl2LaLi. The fraction of sp³-hybridized carbons (Fsp3) is 0. The molecule has 0 spiro atoms. The predicted molar refractivity (Wildman–Crippen MR) is 15.6 cm³/mol. The Balaban J connectivity index is 0. The first-order valence-electron chi connectivity index (χ1n) is 0. The van der Waals surface area contributed by atoms with Crippen molar-refractivity contribution in [3.8, 4) is 0 Å². The van der Waals surface area contributed by atoms with Gasteiger partial charge in [0, 0.05) is 35.6 Å². The van der Waals surface area contributed by atoms with Crippen molar-refractivity contribution in [2.24, 2.45) is 0 Å². The molecule has 0 heterocycles. The summed E-state index contributed by atoms with van der Waals surface area (Å²) >= 11 is 0. The topological polar surface area (TPSA) is 0 Å². The zero-order valence-electron chi connectivity index (χ0n) is 3.39. The molecule has 4 heteroatoms. The number of rotatable bonds is 0. The van der Waals surface area contributed by atoms with Crippen LogP contribution in [0.3, 0.4) is 0 Å². The van der Waals surface area contributed by atoms with Gasteiger partial charge in [-0.1, -0.05) is 0 Å². The first-order valence-corrected chi connectivity index (χ1v) is 0. The second-order valence-corrected chi connectivity index (χ2v) is 0. The molecule has 0 aromatic carbocycles. The van der Waals surface area contributed by atoms with Crippen molar-refractivity contribution in [1.82, 2.24) is 0 Å². The second-order valence-electron chi connectivity index (χ2n) is 0. The fourth-order valence-electron chi connectivity index (χ4n) is 0. The molecule has 0 aromatic heterocycles. The maximum Gasteiger partial charge on any atom is 1.00 e. The summed E-state index contributed by atoms with van der Waals surface area (Å²) in [7, 11) is 0. The molecular weight excluding hydrogens is 217 g/mol. The summed E-state index contributed by atoms with van der Waals surface area (Å²) in [5.41, 5.74) is 0. The molecule has 0 atom stereocenters. The van der Waals surface area contributed by atoms with Crippen LogP contribution in [0, 0.1) is 35.6 Å². The maximum absolute atomic E-state index is 0. The zero-order valence-corrected chi connectivity index (χ0v) is 7.65. The average Bonchev–Trinajstić information content (AvgIpc) is 0. The van der Waals surface area contributed by atoms with Gasteiger partial charge in [-0.25, -0.2) is 0 Å². The largest absolute Gasteiger partial charge is 1.00 e. The van der Waals surface area contributed by atoms with E-state index in [1.54, 1.807) is 0 Å². The average molecular weight is 220 g/mol. The van der Waals surface area contributed by atoms with Crippen LogP contribution in [0.1, 0.15) is 1.43 Å². The van der Waals surface area contributed by atoms with Gasteiger partial charge in [0.05, 0.1) is 0 Å². The first-order chi connectivity index (χ1) is 0. The summed E-state index contributed by atoms with van der Waals surface area (Å²) in [6, 6.07) is 0. The Labute approximate surface area is 79.6 Å². The molecule has 0 aromatic rings. The molecule has 1 radical (unpaired) electrons. The third-order valence-electron chi connectivity index (χ3n) is 0. The van der Waals surface area contributed by atoms with Gasteiger partial charge in [0.25, 0.3) is 0 Å². The van der Waals surface area contributed by atoms with Crippen LogP contribution in [0.2, 0.25) is 0 Å². The summed E-state index contributed by atoms with van der Waals surface area (Å²) in [6.45, 7) is 0. The maximum atomic E-state index is 0. The van der Waals surface area contributed by atoms with Gasteiger partial charge in [0.15, 0.2) is 0 Å². The van der Waals surface area contributed by atoms with Crippen LogP contribution in [0.15, 0.2) is 0 Å². The van der Waals surface area contributed by atoms with Gasteiger partial charge in [-0.2, -0.15) is 0 Å². The van der Waals surface area contributed by atoms with Crippen molar-refractivity contribution >= 4 is 24.8 Å². The van der Waals surface area contributed by atoms with Crippen molar-refractivity contribution in [2.45, 2.75) is 0 Å². The SMILES string of the molecule is Cl.Cl.[H-].[La].[Li+]. The van der Waals surface area contributed by atoms with E-state index in [1.807, 2.05) is 0 Å². The van der Waals surface area contributed by atoms with Gasteiger partial charge in [0.1, 0.15) is 0 Å². The summed E-state index contributed by atoms with van der Waals surface area (Å²) in [5, 5.41) is 0. The number of halogens is 2. The third-order valence-corrected chi connectivity index (χ3v) is 0. The molecule has 0 saturated carbocycles. The van der Waals surface area contributed by atoms with Gasteiger partial charge in [-0.15, -0.1) is 24.8 Å². The van der Waals surface area contributed by atoms with E-state index in [1.165, 1.54) is 0 Å². The van der Waals surface area contributed by atoms with Crippen LogP contribution in [0.4, 0.5) is 0 Å². The quantitative estimate of drug-likeness (QED) is 0.412. The third kappa shape index (κ3) is 8.84. The van der Waals surface area contributed by atoms with E-state index in [0.717, 1.165) is 0 Å². The van der Waals surface area contributed by atoms with Gasteiger partial charge < -0.3 is 1.43 Å². The molecule has 0 aliphatic heterocycles. The van der Waals surface area contributed by atoms with Crippen LogP contribution < -0.4 is 18.9 Å². The molecule has 0 unspecified atom stereocenters. The Morgan fingerprint density at radius 1 is 1.00 bits per heavy atom. The van der Waals surface area contributed by atoms with Crippen LogP contribution in [-0.4, -0.2) is 0 Å². The van der Waals surface area contributed by atoms with Crippen molar-refractivity contribution < 1.29 is 55.9 Å². The molecule has 0 aliphatic rings. The number of hydrogen-bond donors (Lipinski definition) is 0. The van der Waals surface area contributed by atoms with Gasteiger partial charge >= 0.3 is 18.9 Å². The minimum atomic E-state index is 0. The van der Waals surface area contributed by atoms with E-state index in [-0.39, 0.29) is 80.7 Å². The monoisotopic (exact) mass is 219 g/mol. The van der Waals surface area contributed by atoms with Crippen LogP contribution in [0.25, 0.3) is 0 Å². The van der Waals surface area contributed by atoms with Crippen LogP contribution >= 0.6 is 24.8 Å². The van der Waals surface area contributed by atoms with E-state index in [0.29, 0.717) is 0 Å².